The number of rotatable bonds is 11. The van der Waals surface area contributed by atoms with Crippen molar-refractivity contribution in [3.63, 3.8) is 0 Å². The summed E-state index contributed by atoms with van der Waals surface area (Å²) in [4.78, 5) is 42.5. The van der Waals surface area contributed by atoms with Gasteiger partial charge in [-0.05, 0) is 61.5 Å². The molecule has 2 aromatic rings. The number of carbonyl (C=O) groups excluding carboxylic acids is 3. The number of hydrogen-bond donors (Lipinski definition) is 3. The molecule has 8 heteroatoms. The van der Waals surface area contributed by atoms with E-state index in [2.05, 4.69) is 16.0 Å². The second kappa shape index (κ2) is 13.5. The van der Waals surface area contributed by atoms with Crippen molar-refractivity contribution in [2.75, 3.05) is 32.8 Å². The Labute approximate surface area is 232 Å². The first-order chi connectivity index (χ1) is 18.7. The molecule has 2 saturated heterocycles. The molecule has 0 saturated carbocycles. The maximum atomic E-state index is 13.8. The Morgan fingerprint density at radius 3 is 2.54 bits per heavy atom. The standard InChI is InChI=1S/C31H44N4O4/c1-31(2,3)30(38)35(29(37)26-12-6-16-33-26)27(20-22-13-14-23-9-4-5-10-24(23)19-22)28(36)34-17-8-15-32-21-25-11-7-18-39-25/h4-5,9-10,13-14,19,25-27,32-33H,6-8,11-12,15-18,20-21H2,1-3H3,(H,34,36)/t25?,26-,27+/m0/s1. The van der Waals surface area contributed by atoms with Crippen molar-refractivity contribution in [2.24, 2.45) is 5.41 Å². The lowest BCUT2D eigenvalue weighted by molar-refractivity contribution is -0.157. The Morgan fingerprint density at radius 1 is 1.05 bits per heavy atom. The number of nitrogens with zero attached hydrogens (tertiary/aromatic N) is 1. The molecule has 2 fully saturated rings. The molecule has 2 heterocycles. The molecule has 2 aromatic carbocycles. The Balaban J connectivity index is 1.51. The van der Waals surface area contributed by atoms with Gasteiger partial charge in [-0.25, -0.2) is 0 Å². The smallest absolute Gasteiger partial charge is 0.247 e. The third-order valence-corrected chi connectivity index (χ3v) is 7.54. The van der Waals surface area contributed by atoms with Gasteiger partial charge in [-0.1, -0.05) is 63.2 Å². The van der Waals surface area contributed by atoms with E-state index in [1.807, 2.05) is 42.5 Å². The summed E-state index contributed by atoms with van der Waals surface area (Å²) in [5.74, 6) is -0.946. The first kappa shape index (κ1) is 29.2. The number of ether oxygens (including phenoxy) is 1. The number of fused-ring (bicyclic) bond motifs is 1. The van der Waals surface area contributed by atoms with E-state index in [-0.39, 0.29) is 30.2 Å². The minimum Gasteiger partial charge on any atom is -0.377 e. The number of nitrogens with one attached hydrogen (secondary N) is 3. The number of imide groups is 1. The molecule has 2 aliphatic rings. The first-order valence-corrected chi connectivity index (χ1v) is 14.4. The zero-order valence-electron chi connectivity index (χ0n) is 23.6. The van der Waals surface area contributed by atoms with E-state index in [0.717, 1.165) is 68.3 Å². The van der Waals surface area contributed by atoms with Crippen LogP contribution in [0.3, 0.4) is 0 Å². The van der Waals surface area contributed by atoms with Gasteiger partial charge in [0.1, 0.15) is 6.04 Å². The molecule has 4 rings (SSSR count). The number of hydrogen-bond acceptors (Lipinski definition) is 6. The Bertz CT molecular complexity index is 1130. The predicted molar refractivity (Wildman–Crippen MR) is 153 cm³/mol. The molecule has 1 unspecified atom stereocenters. The number of amides is 3. The molecule has 8 nitrogen and oxygen atoms in total. The monoisotopic (exact) mass is 536 g/mol. The molecule has 0 spiro atoms. The summed E-state index contributed by atoms with van der Waals surface area (Å²) in [6.07, 6.45) is 5.00. The van der Waals surface area contributed by atoms with Crippen molar-refractivity contribution in [3.05, 3.63) is 48.0 Å². The summed E-state index contributed by atoms with van der Waals surface area (Å²) in [6, 6.07) is 12.7. The van der Waals surface area contributed by atoms with Crippen molar-refractivity contribution in [2.45, 2.75) is 77.5 Å². The van der Waals surface area contributed by atoms with Crippen LogP contribution < -0.4 is 16.0 Å². The van der Waals surface area contributed by atoms with E-state index < -0.39 is 17.5 Å². The molecule has 3 atom stereocenters. The van der Waals surface area contributed by atoms with Crippen LogP contribution in [0.5, 0.6) is 0 Å². The fourth-order valence-corrected chi connectivity index (χ4v) is 5.32. The van der Waals surface area contributed by atoms with Crippen molar-refractivity contribution < 1.29 is 19.1 Å². The van der Waals surface area contributed by atoms with Crippen LogP contribution in [0.15, 0.2) is 42.5 Å². The molecular weight excluding hydrogens is 492 g/mol. The molecule has 0 aromatic heterocycles. The molecule has 0 bridgehead atoms. The second-order valence-corrected chi connectivity index (χ2v) is 11.8. The van der Waals surface area contributed by atoms with E-state index >= 15 is 0 Å². The number of carbonyl (C=O) groups is 3. The quantitative estimate of drug-likeness (QED) is 0.382. The molecular formula is C31H44N4O4. The lowest BCUT2D eigenvalue weighted by atomic mass is 9.91. The Kier molecular flexibility index (Phi) is 10.1. The first-order valence-electron chi connectivity index (χ1n) is 14.4. The van der Waals surface area contributed by atoms with E-state index in [9.17, 15) is 14.4 Å². The van der Waals surface area contributed by atoms with Crippen molar-refractivity contribution >= 4 is 28.5 Å². The van der Waals surface area contributed by atoms with Crippen LogP contribution in [0, 0.1) is 5.41 Å². The van der Waals surface area contributed by atoms with Crippen LogP contribution in [0.2, 0.25) is 0 Å². The average molecular weight is 537 g/mol. The fourth-order valence-electron chi connectivity index (χ4n) is 5.32. The van der Waals surface area contributed by atoms with Gasteiger partial charge in [0, 0.05) is 31.5 Å². The van der Waals surface area contributed by atoms with Gasteiger partial charge >= 0.3 is 0 Å². The minimum atomic E-state index is -0.937. The highest BCUT2D eigenvalue weighted by Gasteiger charge is 2.42. The minimum absolute atomic E-state index is 0.258. The van der Waals surface area contributed by atoms with Gasteiger partial charge in [-0.3, -0.25) is 19.3 Å². The van der Waals surface area contributed by atoms with Gasteiger partial charge in [-0.2, -0.15) is 0 Å². The predicted octanol–water partition coefficient (Wildman–Crippen LogP) is 3.18. The summed E-state index contributed by atoms with van der Waals surface area (Å²) in [6.45, 7) is 8.97. The van der Waals surface area contributed by atoms with Gasteiger partial charge in [0.15, 0.2) is 0 Å². The third kappa shape index (κ3) is 7.87. The maximum Gasteiger partial charge on any atom is 0.247 e. The Morgan fingerprint density at radius 2 is 1.85 bits per heavy atom. The van der Waals surface area contributed by atoms with Gasteiger partial charge in [-0.15, -0.1) is 0 Å². The third-order valence-electron chi connectivity index (χ3n) is 7.54. The highest BCUT2D eigenvalue weighted by molar-refractivity contribution is 6.04. The van der Waals surface area contributed by atoms with Gasteiger partial charge in [0.2, 0.25) is 17.7 Å². The molecule has 3 amide bonds. The summed E-state index contributed by atoms with van der Waals surface area (Å²) in [7, 11) is 0. The van der Waals surface area contributed by atoms with Crippen LogP contribution >= 0.6 is 0 Å². The lowest BCUT2D eigenvalue weighted by Gasteiger charge is -2.35. The van der Waals surface area contributed by atoms with E-state index in [1.165, 1.54) is 4.90 Å². The topological polar surface area (TPSA) is 99.8 Å². The largest absolute Gasteiger partial charge is 0.377 e. The summed E-state index contributed by atoms with van der Waals surface area (Å²) < 4.78 is 5.65. The van der Waals surface area contributed by atoms with Crippen molar-refractivity contribution in [1.29, 1.82) is 0 Å². The zero-order valence-corrected chi connectivity index (χ0v) is 23.6. The van der Waals surface area contributed by atoms with Crippen LogP contribution in [0.4, 0.5) is 0 Å². The second-order valence-electron chi connectivity index (χ2n) is 11.8. The van der Waals surface area contributed by atoms with Gasteiger partial charge in [0.05, 0.1) is 12.1 Å². The van der Waals surface area contributed by atoms with Crippen molar-refractivity contribution in [1.82, 2.24) is 20.9 Å². The molecule has 0 aliphatic carbocycles. The zero-order chi connectivity index (χ0) is 27.8. The van der Waals surface area contributed by atoms with Crippen LogP contribution in [-0.4, -0.2) is 73.6 Å². The average Bonchev–Trinajstić information content (AvgIpc) is 3.64. The molecule has 0 radical (unpaired) electrons. The summed E-state index contributed by atoms with van der Waals surface area (Å²) in [5, 5.41) is 11.8. The van der Waals surface area contributed by atoms with Crippen molar-refractivity contribution in [3.8, 4) is 0 Å². The molecule has 3 N–H and O–H groups in total. The highest BCUT2D eigenvalue weighted by Crippen LogP contribution is 2.25. The van der Waals surface area contributed by atoms with Gasteiger partial charge in [0.25, 0.3) is 0 Å². The Hall–Kier alpha value is -2.81. The van der Waals surface area contributed by atoms with Crippen LogP contribution in [-0.2, 0) is 25.5 Å². The normalized spacial score (nSPS) is 20.2. The molecule has 39 heavy (non-hydrogen) atoms. The number of benzene rings is 2. The lowest BCUT2D eigenvalue weighted by Crippen LogP contribution is -2.59. The molecule has 212 valence electrons. The summed E-state index contributed by atoms with van der Waals surface area (Å²) >= 11 is 0. The maximum absolute atomic E-state index is 13.8. The fraction of sp³-hybridized carbons (Fsp3) is 0.581. The SMILES string of the molecule is CC(C)(C)C(=O)N(C(=O)[C@@H]1CCCN1)[C@H](Cc1ccc2ccccc2c1)C(=O)NCCCNCC1CCCO1. The van der Waals surface area contributed by atoms with E-state index in [4.69, 9.17) is 4.74 Å². The van der Waals surface area contributed by atoms with Crippen LogP contribution in [0.25, 0.3) is 10.8 Å². The molecule has 2 aliphatic heterocycles. The highest BCUT2D eigenvalue weighted by atomic mass is 16.5. The van der Waals surface area contributed by atoms with Gasteiger partial charge < -0.3 is 20.7 Å². The van der Waals surface area contributed by atoms with Crippen LogP contribution in [0.1, 0.15) is 58.4 Å². The van der Waals surface area contributed by atoms with E-state index in [0.29, 0.717) is 13.0 Å². The summed E-state index contributed by atoms with van der Waals surface area (Å²) in [5.41, 5.74) is 0.0913. The van der Waals surface area contributed by atoms with E-state index in [1.54, 1.807) is 20.8 Å².